The van der Waals surface area contributed by atoms with Crippen LogP contribution in [0.1, 0.15) is 6.92 Å². The van der Waals surface area contributed by atoms with Crippen molar-refractivity contribution in [2.75, 3.05) is 5.32 Å². The molecule has 2 heterocycles. The number of halogens is 3. The molecular formula is C8H7F3N6O2. The van der Waals surface area contributed by atoms with E-state index in [2.05, 4.69) is 20.5 Å². The van der Waals surface area contributed by atoms with Crippen molar-refractivity contribution >= 4 is 17.4 Å². The van der Waals surface area contributed by atoms with Gasteiger partial charge in [-0.15, -0.1) is 5.10 Å². The smallest absolute Gasteiger partial charge is 0.422 e. The maximum Gasteiger partial charge on any atom is 0.422 e. The molecule has 102 valence electrons. The molecule has 0 saturated heterocycles. The number of hydrogen-bond acceptors (Lipinski definition) is 6. The summed E-state index contributed by atoms with van der Waals surface area (Å²) in [5.41, 5.74) is -3.10. The Morgan fingerprint density at radius 2 is 2.11 bits per heavy atom. The number of fused-ring (bicyclic) bond motifs is 1. The summed E-state index contributed by atoms with van der Waals surface area (Å²) in [6.07, 6.45) is -2.80. The Hall–Kier alpha value is -2.46. The van der Waals surface area contributed by atoms with Crippen LogP contribution in [0.25, 0.3) is 5.65 Å². The molecule has 2 rings (SSSR count). The zero-order valence-corrected chi connectivity index (χ0v) is 9.38. The monoisotopic (exact) mass is 276 g/mol. The van der Waals surface area contributed by atoms with Gasteiger partial charge in [-0.05, 0) is 17.4 Å². The first kappa shape index (κ1) is 13.0. The van der Waals surface area contributed by atoms with Crippen LogP contribution in [0.2, 0.25) is 0 Å². The number of aromatic nitrogens is 5. The molecule has 2 aromatic heterocycles. The van der Waals surface area contributed by atoms with E-state index in [1.807, 2.05) is 5.32 Å². The summed E-state index contributed by atoms with van der Waals surface area (Å²) >= 11 is 0. The van der Waals surface area contributed by atoms with Crippen molar-refractivity contribution in [3.8, 4) is 0 Å². The second-order valence-electron chi connectivity index (χ2n) is 3.79. The van der Waals surface area contributed by atoms with Gasteiger partial charge >= 0.3 is 12.1 Å². The van der Waals surface area contributed by atoms with Crippen LogP contribution >= 0.6 is 0 Å². The summed E-state index contributed by atoms with van der Waals surface area (Å²) < 4.78 is 39.4. The Balaban J connectivity index is 2.48. The van der Waals surface area contributed by atoms with E-state index in [0.717, 1.165) is 10.7 Å². The first-order chi connectivity index (χ1) is 8.75. The maximum absolute atomic E-state index is 12.8. The number of nitrogens with one attached hydrogen (secondary N) is 1. The average molecular weight is 276 g/mol. The fraction of sp³-hybridized carbons (Fsp3) is 0.375. The number of carboxylic acids is 1. The highest BCUT2D eigenvalue weighted by atomic mass is 19.4. The van der Waals surface area contributed by atoms with Crippen LogP contribution in [0.4, 0.5) is 19.0 Å². The molecule has 0 aliphatic carbocycles. The lowest BCUT2D eigenvalue weighted by Crippen LogP contribution is -2.56. The zero-order valence-electron chi connectivity index (χ0n) is 9.38. The highest BCUT2D eigenvalue weighted by molar-refractivity contribution is 5.83. The van der Waals surface area contributed by atoms with E-state index in [0.29, 0.717) is 6.92 Å². The fourth-order valence-corrected chi connectivity index (χ4v) is 1.26. The number of rotatable bonds is 3. The minimum absolute atomic E-state index is 0.0833. The van der Waals surface area contributed by atoms with Gasteiger partial charge in [0.25, 0.3) is 0 Å². The summed E-state index contributed by atoms with van der Waals surface area (Å²) in [6.45, 7) is 0.499. The predicted molar refractivity (Wildman–Crippen MR) is 54.3 cm³/mol. The Morgan fingerprint density at radius 3 is 2.68 bits per heavy atom. The third kappa shape index (κ3) is 2.02. The number of nitrogens with zero attached hydrogens (tertiary/aromatic N) is 5. The van der Waals surface area contributed by atoms with Crippen molar-refractivity contribution in [2.45, 2.75) is 18.6 Å². The molecule has 1 atom stereocenters. The molecule has 0 bridgehead atoms. The first-order valence-electron chi connectivity index (χ1n) is 4.86. The van der Waals surface area contributed by atoms with Crippen LogP contribution in [-0.2, 0) is 4.79 Å². The molecule has 0 aliphatic rings. The molecule has 8 nitrogen and oxygen atoms in total. The second-order valence-corrected chi connectivity index (χ2v) is 3.79. The number of alkyl halides is 3. The molecule has 0 fully saturated rings. The van der Waals surface area contributed by atoms with E-state index < -0.39 is 17.7 Å². The number of hydrogen-bond donors (Lipinski definition) is 2. The Bertz CT molecular complexity index is 626. The lowest BCUT2D eigenvalue weighted by Gasteiger charge is -2.29. The Morgan fingerprint density at radius 1 is 1.42 bits per heavy atom. The number of anilines is 1. The molecule has 0 amide bonds. The van der Waals surface area contributed by atoms with E-state index in [1.165, 1.54) is 6.20 Å². The number of aliphatic carboxylic acids is 1. The fourth-order valence-electron chi connectivity index (χ4n) is 1.26. The summed E-state index contributed by atoms with van der Waals surface area (Å²) in [5.74, 6) is -2.37. The van der Waals surface area contributed by atoms with Crippen LogP contribution in [0.3, 0.4) is 0 Å². The van der Waals surface area contributed by atoms with Crippen molar-refractivity contribution < 1.29 is 23.1 Å². The van der Waals surface area contributed by atoms with Crippen molar-refractivity contribution in [3.63, 3.8) is 0 Å². The molecular weight excluding hydrogens is 269 g/mol. The van der Waals surface area contributed by atoms with Gasteiger partial charge in [-0.3, -0.25) is 4.98 Å². The van der Waals surface area contributed by atoms with Gasteiger partial charge in [0.15, 0.2) is 11.5 Å². The van der Waals surface area contributed by atoms with Gasteiger partial charge < -0.3 is 10.4 Å². The minimum atomic E-state index is -5.02. The summed E-state index contributed by atoms with van der Waals surface area (Å²) in [4.78, 5) is 14.5. The Labute approximate surface area is 103 Å². The van der Waals surface area contributed by atoms with Crippen molar-refractivity contribution in [1.82, 2.24) is 25.0 Å². The van der Waals surface area contributed by atoms with Gasteiger partial charge in [-0.1, -0.05) is 0 Å². The molecule has 2 aromatic rings. The molecule has 0 spiro atoms. The standard InChI is InChI=1S/C8H7F3N6O2/c1-7(6(18)19,8(9,10)11)13-4-2-12-3-5-14-15-16-17(4)5/h2-3,13H,1H3,(H,18,19). The molecule has 1 unspecified atom stereocenters. The maximum atomic E-state index is 12.8. The van der Waals surface area contributed by atoms with Crippen LogP contribution in [-0.4, -0.2) is 47.8 Å². The van der Waals surface area contributed by atoms with Crippen LogP contribution in [0.5, 0.6) is 0 Å². The largest absolute Gasteiger partial charge is 0.479 e. The SMILES string of the molecule is CC(Nc1cncc2nnnn12)(C(=O)O)C(F)(F)F. The normalized spacial score (nSPS) is 15.2. The number of carboxylic acid groups (broad SMARTS) is 1. The quantitative estimate of drug-likeness (QED) is 0.832. The average Bonchev–Trinajstić information content (AvgIpc) is 2.76. The molecule has 19 heavy (non-hydrogen) atoms. The van der Waals surface area contributed by atoms with Crippen LogP contribution in [0.15, 0.2) is 12.4 Å². The predicted octanol–water partition coefficient (Wildman–Crippen LogP) is 0.337. The number of tetrazole rings is 1. The van der Waals surface area contributed by atoms with Gasteiger partial charge in [0.1, 0.15) is 0 Å². The van der Waals surface area contributed by atoms with E-state index in [1.54, 1.807) is 0 Å². The van der Waals surface area contributed by atoms with Gasteiger partial charge in [0.2, 0.25) is 5.54 Å². The number of carbonyl (C=O) groups is 1. The lowest BCUT2D eigenvalue weighted by molar-refractivity contribution is -0.193. The van der Waals surface area contributed by atoms with E-state index in [-0.39, 0.29) is 11.5 Å². The van der Waals surface area contributed by atoms with Gasteiger partial charge in [-0.25, -0.2) is 4.79 Å². The molecule has 0 radical (unpaired) electrons. The minimum Gasteiger partial charge on any atom is -0.479 e. The van der Waals surface area contributed by atoms with Crippen LogP contribution < -0.4 is 5.32 Å². The van der Waals surface area contributed by atoms with Crippen LogP contribution in [0, 0.1) is 0 Å². The highest BCUT2D eigenvalue weighted by Crippen LogP contribution is 2.33. The van der Waals surface area contributed by atoms with Gasteiger partial charge in [-0.2, -0.15) is 17.7 Å². The van der Waals surface area contributed by atoms with Crippen molar-refractivity contribution in [1.29, 1.82) is 0 Å². The zero-order chi connectivity index (χ0) is 14.3. The van der Waals surface area contributed by atoms with E-state index in [4.69, 9.17) is 5.11 Å². The molecule has 0 saturated carbocycles. The summed E-state index contributed by atoms with van der Waals surface area (Å²) in [7, 11) is 0. The topological polar surface area (TPSA) is 105 Å². The third-order valence-electron chi connectivity index (χ3n) is 2.48. The molecule has 2 N–H and O–H groups in total. The third-order valence-corrected chi connectivity index (χ3v) is 2.48. The summed E-state index contributed by atoms with van der Waals surface area (Å²) in [6, 6.07) is 0. The van der Waals surface area contributed by atoms with Crippen molar-refractivity contribution in [3.05, 3.63) is 12.4 Å². The molecule has 0 aliphatic heterocycles. The second kappa shape index (κ2) is 4.03. The van der Waals surface area contributed by atoms with Gasteiger partial charge in [0, 0.05) is 0 Å². The van der Waals surface area contributed by atoms with Crippen molar-refractivity contribution in [2.24, 2.45) is 0 Å². The van der Waals surface area contributed by atoms with E-state index in [9.17, 15) is 18.0 Å². The van der Waals surface area contributed by atoms with E-state index >= 15 is 0 Å². The first-order valence-corrected chi connectivity index (χ1v) is 4.86. The highest BCUT2D eigenvalue weighted by Gasteiger charge is 2.58. The van der Waals surface area contributed by atoms with Gasteiger partial charge in [0.05, 0.1) is 12.4 Å². The Kier molecular flexibility index (Phi) is 2.76. The molecule has 11 heteroatoms. The molecule has 0 aromatic carbocycles. The lowest BCUT2D eigenvalue weighted by atomic mass is 10.0. The summed E-state index contributed by atoms with van der Waals surface area (Å²) in [5, 5.41) is 20.8.